The Morgan fingerprint density at radius 2 is 1.70 bits per heavy atom. The quantitative estimate of drug-likeness (QED) is 0.870. The molecule has 0 saturated heterocycles. The van der Waals surface area contributed by atoms with Crippen LogP contribution in [0.1, 0.15) is 51.4 Å². The molecule has 0 unspecified atom stereocenters. The highest BCUT2D eigenvalue weighted by atomic mass is 32.1. The normalized spacial score (nSPS) is 34.3. The van der Waals surface area contributed by atoms with E-state index in [9.17, 15) is 9.59 Å². The fourth-order valence-corrected chi connectivity index (χ4v) is 5.86. The van der Waals surface area contributed by atoms with Gasteiger partial charge in [0.1, 0.15) is 0 Å². The molecule has 124 valence electrons. The predicted octanol–water partition coefficient (Wildman–Crippen LogP) is 2.95. The highest BCUT2D eigenvalue weighted by molar-refractivity contribution is 7.13. The first-order valence-electron chi connectivity index (χ1n) is 8.61. The lowest BCUT2D eigenvalue weighted by atomic mass is 9.53. The number of thiazole rings is 1. The van der Waals surface area contributed by atoms with Crippen molar-refractivity contribution < 1.29 is 9.59 Å². The Kier molecular flexibility index (Phi) is 3.87. The zero-order chi connectivity index (χ0) is 15.9. The topological polar surface area (TPSA) is 71.1 Å². The Balaban J connectivity index is 1.28. The van der Waals surface area contributed by atoms with E-state index in [1.54, 1.807) is 6.20 Å². The van der Waals surface area contributed by atoms with Crippen molar-refractivity contribution in [2.75, 3.05) is 5.32 Å². The zero-order valence-electron chi connectivity index (χ0n) is 13.2. The van der Waals surface area contributed by atoms with Gasteiger partial charge in [-0.05, 0) is 56.3 Å². The summed E-state index contributed by atoms with van der Waals surface area (Å²) in [6, 6.07) is 0. The number of nitrogens with one attached hydrogen (secondary N) is 2. The van der Waals surface area contributed by atoms with Crippen molar-refractivity contribution in [3.05, 3.63) is 11.6 Å². The standard InChI is InChI=1S/C17H23N3O2S/c21-14(19-16-18-3-4-23-16)1-2-15(22)20-17-8-11-5-12(9-17)7-13(6-11)10-17/h3-4,11-13H,1-2,5-10H2,(H,20,22)(H,18,19,21). The van der Waals surface area contributed by atoms with Gasteiger partial charge in [-0.25, -0.2) is 4.98 Å². The highest BCUT2D eigenvalue weighted by Crippen LogP contribution is 2.55. The summed E-state index contributed by atoms with van der Waals surface area (Å²) in [6.07, 6.45) is 9.68. The van der Waals surface area contributed by atoms with E-state index in [1.165, 1.54) is 30.6 Å². The summed E-state index contributed by atoms with van der Waals surface area (Å²) in [7, 11) is 0. The molecule has 1 aromatic heterocycles. The van der Waals surface area contributed by atoms with Gasteiger partial charge in [0.15, 0.2) is 5.13 Å². The minimum atomic E-state index is -0.138. The third kappa shape index (κ3) is 3.27. The molecular formula is C17H23N3O2S. The van der Waals surface area contributed by atoms with E-state index in [0.29, 0.717) is 5.13 Å². The van der Waals surface area contributed by atoms with E-state index in [0.717, 1.165) is 37.0 Å². The molecule has 4 saturated carbocycles. The van der Waals surface area contributed by atoms with Gasteiger partial charge >= 0.3 is 0 Å². The number of nitrogens with zero attached hydrogens (tertiary/aromatic N) is 1. The van der Waals surface area contributed by atoms with Gasteiger partial charge in [-0.2, -0.15) is 0 Å². The van der Waals surface area contributed by atoms with E-state index in [2.05, 4.69) is 15.6 Å². The van der Waals surface area contributed by atoms with E-state index < -0.39 is 0 Å². The number of rotatable bonds is 5. The van der Waals surface area contributed by atoms with E-state index in [-0.39, 0.29) is 30.2 Å². The summed E-state index contributed by atoms with van der Waals surface area (Å²) in [5, 5.41) is 8.44. The molecule has 4 aliphatic carbocycles. The van der Waals surface area contributed by atoms with Crippen LogP contribution in [0.4, 0.5) is 5.13 Å². The summed E-state index contributed by atoms with van der Waals surface area (Å²) < 4.78 is 0. The average Bonchev–Trinajstić information content (AvgIpc) is 2.96. The van der Waals surface area contributed by atoms with Crippen LogP contribution >= 0.6 is 11.3 Å². The average molecular weight is 333 g/mol. The van der Waals surface area contributed by atoms with E-state index >= 15 is 0 Å². The molecule has 0 aromatic carbocycles. The Morgan fingerprint density at radius 3 is 2.26 bits per heavy atom. The molecule has 5 rings (SSSR count). The second-order valence-corrected chi connectivity index (χ2v) is 8.53. The molecule has 0 radical (unpaired) electrons. The second-order valence-electron chi connectivity index (χ2n) is 7.63. The van der Waals surface area contributed by atoms with Gasteiger partial charge in [-0.3, -0.25) is 9.59 Å². The SMILES string of the molecule is O=C(CCC(=O)NC12CC3CC(CC(C3)C1)C2)Nc1nccs1. The lowest BCUT2D eigenvalue weighted by Gasteiger charge is -2.56. The van der Waals surface area contributed by atoms with Crippen LogP contribution < -0.4 is 10.6 Å². The number of hydrogen-bond donors (Lipinski definition) is 2. The van der Waals surface area contributed by atoms with Gasteiger partial charge in [0.25, 0.3) is 0 Å². The summed E-state index contributed by atoms with van der Waals surface area (Å²) >= 11 is 1.39. The first-order valence-corrected chi connectivity index (χ1v) is 9.48. The largest absolute Gasteiger partial charge is 0.351 e. The molecule has 4 aliphatic rings. The molecule has 4 fully saturated rings. The van der Waals surface area contributed by atoms with Gasteiger partial charge < -0.3 is 10.6 Å². The van der Waals surface area contributed by atoms with E-state index in [1.807, 2.05) is 5.38 Å². The molecule has 2 amide bonds. The Morgan fingerprint density at radius 1 is 1.09 bits per heavy atom. The molecular weight excluding hydrogens is 310 g/mol. The van der Waals surface area contributed by atoms with Gasteiger partial charge in [0.05, 0.1) is 0 Å². The molecule has 2 N–H and O–H groups in total. The summed E-state index contributed by atoms with van der Waals surface area (Å²) in [5.41, 5.74) is 0.0393. The van der Waals surface area contributed by atoms with Gasteiger partial charge in [0, 0.05) is 30.0 Å². The lowest BCUT2D eigenvalue weighted by molar-refractivity contribution is -0.129. The minimum Gasteiger partial charge on any atom is -0.351 e. The first kappa shape index (κ1) is 15.1. The van der Waals surface area contributed by atoms with Gasteiger partial charge in [-0.15, -0.1) is 11.3 Å². The number of anilines is 1. The molecule has 23 heavy (non-hydrogen) atoms. The van der Waals surface area contributed by atoms with Crippen molar-refractivity contribution in [1.82, 2.24) is 10.3 Å². The minimum absolute atomic E-state index is 0.0289. The van der Waals surface area contributed by atoms with Crippen LogP contribution in [0.15, 0.2) is 11.6 Å². The number of carbonyl (C=O) groups is 2. The van der Waals surface area contributed by atoms with Crippen molar-refractivity contribution in [2.45, 2.75) is 56.9 Å². The number of amides is 2. The zero-order valence-corrected chi connectivity index (χ0v) is 14.0. The van der Waals surface area contributed by atoms with Crippen molar-refractivity contribution in [1.29, 1.82) is 0 Å². The van der Waals surface area contributed by atoms with Crippen LogP contribution in [0, 0.1) is 17.8 Å². The van der Waals surface area contributed by atoms with Crippen LogP contribution in [-0.2, 0) is 9.59 Å². The fraction of sp³-hybridized carbons (Fsp3) is 0.706. The van der Waals surface area contributed by atoms with E-state index in [4.69, 9.17) is 0 Å². The highest BCUT2D eigenvalue weighted by Gasteiger charge is 2.51. The number of hydrogen-bond acceptors (Lipinski definition) is 4. The predicted molar refractivity (Wildman–Crippen MR) is 89.0 cm³/mol. The maximum Gasteiger partial charge on any atom is 0.226 e. The van der Waals surface area contributed by atoms with Gasteiger partial charge in [-0.1, -0.05) is 0 Å². The molecule has 0 spiro atoms. The summed E-state index contributed by atoms with van der Waals surface area (Å²) in [5.74, 6) is 2.33. The number of aromatic nitrogens is 1. The van der Waals surface area contributed by atoms with Crippen molar-refractivity contribution in [2.24, 2.45) is 17.8 Å². The van der Waals surface area contributed by atoms with Crippen LogP contribution in [0.25, 0.3) is 0 Å². The summed E-state index contributed by atoms with van der Waals surface area (Å²) in [6.45, 7) is 0. The maximum atomic E-state index is 12.3. The maximum absolute atomic E-state index is 12.3. The molecule has 5 nitrogen and oxygen atoms in total. The van der Waals surface area contributed by atoms with Crippen LogP contribution in [0.2, 0.25) is 0 Å². The molecule has 1 heterocycles. The molecule has 0 atom stereocenters. The lowest BCUT2D eigenvalue weighted by Crippen LogP contribution is -2.59. The van der Waals surface area contributed by atoms with Crippen LogP contribution in [0.3, 0.4) is 0 Å². The monoisotopic (exact) mass is 333 g/mol. The number of carbonyl (C=O) groups excluding carboxylic acids is 2. The molecule has 6 heteroatoms. The Labute approximate surface area is 140 Å². The molecule has 4 bridgehead atoms. The van der Waals surface area contributed by atoms with Crippen LogP contribution in [0.5, 0.6) is 0 Å². The Hall–Kier alpha value is -1.43. The third-order valence-corrected chi connectivity index (χ3v) is 6.39. The van der Waals surface area contributed by atoms with Crippen molar-refractivity contribution in [3.8, 4) is 0 Å². The van der Waals surface area contributed by atoms with Crippen LogP contribution in [-0.4, -0.2) is 22.3 Å². The fourth-order valence-electron chi connectivity index (χ4n) is 5.32. The summed E-state index contributed by atoms with van der Waals surface area (Å²) in [4.78, 5) is 28.2. The molecule has 1 aromatic rings. The second kappa shape index (κ2) is 5.89. The van der Waals surface area contributed by atoms with Crippen molar-refractivity contribution in [3.63, 3.8) is 0 Å². The van der Waals surface area contributed by atoms with Gasteiger partial charge in [0.2, 0.25) is 11.8 Å². The Bertz CT molecular complexity index is 564. The van der Waals surface area contributed by atoms with Crippen molar-refractivity contribution >= 4 is 28.3 Å². The smallest absolute Gasteiger partial charge is 0.226 e. The third-order valence-electron chi connectivity index (χ3n) is 5.70. The first-order chi connectivity index (χ1) is 11.1. The molecule has 0 aliphatic heterocycles.